The minimum Gasteiger partial charge on any atom is -0.313 e. The lowest BCUT2D eigenvalue weighted by Gasteiger charge is -2.11. The van der Waals surface area contributed by atoms with Crippen LogP contribution >= 0.6 is 15.9 Å². The van der Waals surface area contributed by atoms with Crippen LogP contribution in [-0.2, 0) is 0 Å². The fraction of sp³-hybridized carbons (Fsp3) is 0.727. The summed E-state index contributed by atoms with van der Waals surface area (Å²) in [5.41, 5.74) is 0. The second-order valence-electron chi connectivity index (χ2n) is 3.28. The molecule has 13 heavy (non-hydrogen) atoms. The van der Waals surface area contributed by atoms with Crippen LogP contribution in [0.4, 0.5) is 0 Å². The van der Waals surface area contributed by atoms with E-state index in [9.17, 15) is 0 Å². The third-order valence-corrected chi connectivity index (χ3v) is 2.56. The summed E-state index contributed by atoms with van der Waals surface area (Å²) in [4.78, 5) is 0. The maximum Gasteiger partial charge on any atom is 0.00340 e. The highest BCUT2D eigenvalue weighted by atomic mass is 79.9. The molecule has 0 unspecified atom stereocenters. The number of alkyl halides is 1. The van der Waals surface area contributed by atoms with Crippen LogP contribution in [0.3, 0.4) is 0 Å². The molecule has 0 aliphatic rings. The first kappa shape index (κ1) is 12.9. The Morgan fingerprint density at radius 1 is 1.31 bits per heavy atom. The number of rotatable bonds is 8. The van der Waals surface area contributed by atoms with Crippen LogP contribution < -0.4 is 0 Å². The van der Waals surface area contributed by atoms with E-state index in [1.54, 1.807) is 0 Å². The molecule has 2 heteroatoms. The third kappa shape index (κ3) is 8.23. The van der Waals surface area contributed by atoms with Crippen molar-refractivity contribution in [3.05, 3.63) is 12.2 Å². The largest absolute Gasteiger partial charge is 0.313 e. The molecule has 0 aliphatic carbocycles. The predicted octanol–water partition coefficient (Wildman–Crippen LogP) is 4.17. The van der Waals surface area contributed by atoms with Gasteiger partial charge in [0, 0.05) is 5.33 Å². The van der Waals surface area contributed by atoms with E-state index in [2.05, 4.69) is 35.0 Å². The average molecular weight is 246 g/mol. The Morgan fingerprint density at radius 3 is 2.62 bits per heavy atom. The summed E-state index contributed by atoms with van der Waals surface area (Å²) < 4.78 is 0. The SMILES string of the molecule is CCC[C@@H](C/C=C/CC=N)CCBr. The fourth-order valence-corrected chi connectivity index (χ4v) is 2.04. The Balaban J connectivity index is 3.60. The van der Waals surface area contributed by atoms with Crippen molar-refractivity contribution >= 4 is 22.1 Å². The maximum absolute atomic E-state index is 6.87. The lowest BCUT2D eigenvalue weighted by molar-refractivity contribution is 0.474. The first-order chi connectivity index (χ1) is 6.35. The average Bonchev–Trinajstić information content (AvgIpc) is 2.13. The van der Waals surface area contributed by atoms with Crippen molar-refractivity contribution < 1.29 is 0 Å². The molecule has 1 nitrogen and oxygen atoms in total. The summed E-state index contributed by atoms with van der Waals surface area (Å²) in [5.74, 6) is 0.825. The van der Waals surface area contributed by atoms with E-state index in [1.165, 1.54) is 31.9 Å². The number of nitrogens with one attached hydrogen (secondary N) is 1. The van der Waals surface area contributed by atoms with Gasteiger partial charge in [0.15, 0.2) is 0 Å². The van der Waals surface area contributed by atoms with Crippen molar-refractivity contribution in [2.75, 3.05) is 5.33 Å². The zero-order valence-corrected chi connectivity index (χ0v) is 10.0. The van der Waals surface area contributed by atoms with Gasteiger partial charge in [0.2, 0.25) is 0 Å². The van der Waals surface area contributed by atoms with E-state index >= 15 is 0 Å². The lowest BCUT2D eigenvalue weighted by Crippen LogP contribution is -1.99. The normalized spacial score (nSPS) is 13.4. The first-order valence-electron chi connectivity index (χ1n) is 5.05. The Labute approximate surface area is 90.3 Å². The van der Waals surface area contributed by atoms with Gasteiger partial charge in [0.25, 0.3) is 0 Å². The molecule has 0 radical (unpaired) electrons. The molecule has 0 aliphatic heterocycles. The topological polar surface area (TPSA) is 23.9 Å². The molecule has 0 heterocycles. The molecular weight excluding hydrogens is 226 g/mol. The molecule has 0 aromatic carbocycles. The summed E-state index contributed by atoms with van der Waals surface area (Å²) in [7, 11) is 0. The molecule has 0 rings (SSSR count). The molecule has 0 aromatic heterocycles. The molecular formula is C11H20BrN. The highest BCUT2D eigenvalue weighted by molar-refractivity contribution is 9.09. The monoisotopic (exact) mass is 245 g/mol. The summed E-state index contributed by atoms with van der Waals surface area (Å²) >= 11 is 3.48. The highest BCUT2D eigenvalue weighted by Crippen LogP contribution is 2.17. The Bertz CT molecular complexity index is 137. The molecule has 0 saturated carbocycles. The van der Waals surface area contributed by atoms with E-state index in [0.29, 0.717) is 0 Å². The van der Waals surface area contributed by atoms with Crippen molar-refractivity contribution in [3.8, 4) is 0 Å². The van der Waals surface area contributed by atoms with Gasteiger partial charge in [0.1, 0.15) is 0 Å². The van der Waals surface area contributed by atoms with E-state index in [-0.39, 0.29) is 0 Å². The van der Waals surface area contributed by atoms with Crippen LogP contribution in [-0.4, -0.2) is 11.5 Å². The van der Waals surface area contributed by atoms with Gasteiger partial charge in [-0.3, -0.25) is 0 Å². The van der Waals surface area contributed by atoms with Crippen LogP contribution in [0.25, 0.3) is 0 Å². The van der Waals surface area contributed by atoms with Crippen molar-refractivity contribution in [2.24, 2.45) is 5.92 Å². The standard InChI is InChI=1S/C11H20BrN/c1-2-6-11(8-9-12)7-4-3-5-10-13/h3-4,10-11,13H,2,5-9H2,1H3/b4-3+,13-10?/t11-/m0/s1. The smallest absolute Gasteiger partial charge is 0.00340 e. The van der Waals surface area contributed by atoms with Gasteiger partial charge in [-0.2, -0.15) is 0 Å². The van der Waals surface area contributed by atoms with Crippen LogP contribution in [0.2, 0.25) is 0 Å². The van der Waals surface area contributed by atoms with Gasteiger partial charge in [-0.05, 0) is 31.4 Å². The zero-order valence-electron chi connectivity index (χ0n) is 8.43. The molecule has 0 aromatic rings. The van der Waals surface area contributed by atoms with Crippen molar-refractivity contribution in [3.63, 3.8) is 0 Å². The number of allylic oxidation sites excluding steroid dienone is 2. The lowest BCUT2D eigenvalue weighted by atomic mass is 9.97. The summed E-state index contributed by atoms with van der Waals surface area (Å²) in [5, 5.41) is 7.97. The molecule has 0 spiro atoms. The molecule has 76 valence electrons. The van der Waals surface area contributed by atoms with Gasteiger partial charge in [-0.25, -0.2) is 0 Å². The van der Waals surface area contributed by atoms with Crippen LogP contribution in [0, 0.1) is 11.3 Å². The van der Waals surface area contributed by atoms with Gasteiger partial charge in [0.05, 0.1) is 0 Å². The van der Waals surface area contributed by atoms with E-state index in [1.807, 2.05) is 0 Å². The second-order valence-corrected chi connectivity index (χ2v) is 4.07. The summed E-state index contributed by atoms with van der Waals surface area (Å²) in [6.07, 6.45) is 11.6. The molecule has 0 fully saturated rings. The molecule has 0 amide bonds. The highest BCUT2D eigenvalue weighted by Gasteiger charge is 2.03. The minimum atomic E-state index is 0.785. The second kappa shape index (κ2) is 9.97. The van der Waals surface area contributed by atoms with E-state index in [0.717, 1.165) is 17.7 Å². The van der Waals surface area contributed by atoms with Gasteiger partial charge >= 0.3 is 0 Å². The molecule has 0 bridgehead atoms. The van der Waals surface area contributed by atoms with E-state index < -0.39 is 0 Å². The summed E-state index contributed by atoms with van der Waals surface area (Å²) in [6.45, 7) is 2.24. The molecule has 1 N–H and O–H groups in total. The van der Waals surface area contributed by atoms with Crippen LogP contribution in [0.5, 0.6) is 0 Å². The number of hydrogen-bond acceptors (Lipinski definition) is 1. The van der Waals surface area contributed by atoms with Gasteiger partial charge < -0.3 is 5.41 Å². The zero-order chi connectivity index (χ0) is 9.94. The Kier molecular flexibility index (Phi) is 9.89. The molecule has 1 atom stereocenters. The van der Waals surface area contributed by atoms with Crippen molar-refractivity contribution in [1.82, 2.24) is 0 Å². The number of halogens is 1. The summed E-state index contributed by atoms with van der Waals surface area (Å²) in [6, 6.07) is 0. The Hall–Kier alpha value is -0.110. The van der Waals surface area contributed by atoms with Crippen molar-refractivity contribution in [1.29, 1.82) is 5.41 Å². The number of hydrogen-bond donors (Lipinski definition) is 1. The predicted molar refractivity (Wildman–Crippen MR) is 64.0 cm³/mol. The molecule has 0 saturated heterocycles. The maximum atomic E-state index is 6.87. The third-order valence-electron chi connectivity index (χ3n) is 2.10. The van der Waals surface area contributed by atoms with Crippen LogP contribution in [0.1, 0.15) is 39.0 Å². The van der Waals surface area contributed by atoms with E-state index in [4.69, 9.17) is 5.41 Å². The Morgan fingerprint density at radius 2 is 2.08 bits per heavy atom. The minimum absolute atomic E-state index is 0.785. The first-order valence-corrected chi connectivity index (χ1v) is 6.17. The van der Waals surface area contributed by atoms with Gasteiger partial charge in [-0.15, -0.1) is 0 Å². The van der Waals surface area contributed by atoms with Crippen LogP contribution in [0.15, 0.2) is 12.2 Å². The quantitative estimate of drug-likeness (QED) is 0.377. The van der Waals surface area contributed by atoms with Gasteiger partial charge in [-0.1, -0.05) is 47.8 Å². The van der Waals surface area contributed by atoms with Crippen molar-refractivity contribution in [2.45, 2.75) is 39.0 Å². The fourth-order valence-electron chi connectivity index (χ4n) is 1.40.